The molecule has 1 fully saturated rings. The molecule has 1 nitrogen and oxygen atoms in total. The van der Waals surface area contributed by atoms with E-state index in [2.05, 4.69) is 0 Å². The van der Waals surface area contributed by atoms with Gasteiger partial charge in [-0.2, -0.15) is 23.5 Å². The Morgan fingerprint density at radius 3 is 2.94 bits per heavy atom. The first kappa shape index (κ1) is 13.5. The highest BCUT2D eigenvalue weighted by Gasteiger charge is 2.23. The van der Waals surface area contributed by atoms with Crippen molar-refractivity contribution in [3.8, 4) is 0 Å². The van der Waals surface area contributed by atoms with Crippen LogP contribution in [0.15, 0.2) is 18.2 Å². The average molecular weight is 293 g/mol. The first-order valence-electron chi connectivity index (χ1n) is 5.48. The van der Waals surface area contributed by atoms with Crippen molar-refractivity contribution in [2.75, 3.05) is 17.3 Å². The summed E-state index contributed by atoms with van der Waals surface area (Å²) in [6, 6.07) is 4.73. The van der Waals surface area contributed by atoms with Gasteiger partial charge in [0.25, 0.3) is 0 Å². The zero-order valence-corrected chi connectivity index (χ0v) is 11.6. The molecular weight excluding hydrogens is 279 g/mol. The fourth-order valence-electron chi connectivity index (χ4n) is 1.77. The van der Waals surface area contributed by atoms with Crippen molar-refractivity contribution in [2.45, 2.75) is 17.8 Å². The minimum absolute atomic E-state index is 0.130. The van der Waals surface area contributed by atoms with Crippen molar-refractivity contribution in [3.05, 3.63) is 34.6 Å². The fourth-order valence-corrected chi connectivity index (χ4v) is 4.66. The molecule has 94 valence electrons. The first-order valence-corrected chi connectivity index (χ1v) is 8.06. The van der Waals surface area contributed by atoms with Crippen molar-refractivity contribution >= 4 is 35.1 Å². The van der Waals surface area contributed by atoms with Gasteiger partial charge in [0.15, 0.2) is 0 Å². The van der Waals surface area contributed by atoms with E-state index >= 15 is 0 Å². The average Bonchev–Trinajstić information content (AvgIpc) is 2.35. The predicted molar refractivity (Wildman–Crippen MR) is 74.7 cm³/mol. The van der Waals surface area contributed by atoms with Crippen molar-refractivity contribution in [1.29, 1.82) is 0 Å². The zero-order chi connectivity index (χ0) is 12.3. The lowest BCUT2D eigenvalue weighted by Gasteiger charge is -2.25. The van der Waals surface area contributed by atoms with E-state index in [1.54, 1.807) is 12.1 Å². The van der Waals surface area contributed by atoms with Crippen LogP contribution in [-0.4, -0.2) is 33.7 Å². The molecule has 1 N–H and O–H groups in total. The van der Waals surface area contributed by atoms with E-state index in [1.165, 1.54) is 6.07 Å². The van der Waals surface area contributed by atoms with E-state index in [-0.39, 0.29) is 10.3 Å². The van der Waals surface area contributed by atoms with Crippen LogP contribution < -0.4 is 0 Å². The zero-order valence-electron chi connectivity index (χ0n) is 9.23. The Morgan fingerprint density at radius 1 is 1.47 bits per heavy atom. The standard InChI is InChI=1S/C12H14ClFOS2/c13-9-2-1-8(5-10(9)14)6-11(15)12-7-16-3-4-17-12/h1-2,5,11-12,15H,3-4,6-7H2. The maximum Gasteiger partial charge on any atom is 0.142 e. The highest BCUT2D eigenvalue weighted by atomic mass is 35.5. The molecule has 1 saturated heterocycles. The molecule has 0 spiro atoms. The maximum atomic E-state index is 13.2. The van der Waals surface area contributed by atoms with Crippen molar-refractivity contribution in [1.82, 2.24) is 0 Å². The summed E-state index contributed by atoms with van der Waals surface area (Å²) in [5.74, 6) is 2.80. The van der Waals surface area contributed by atoms with E-state index in [0.717, 1.165) is 22.8 Å². The van der Waals surface area contributed by atoms with Crippen LogP contribution in [0.2, 0.25) is 5.02 Å². The van der Waals surface area contributed by atoms with E-state index < -0.39 is 11.9 Å². The molecule has 2 rings (SSSR count). The van der Waals surface area contributed by atoms with Gasteiger partial charge in [0, 0.05) is 22.5 Å². The minimum atomic E-state index is -0.415. The predicted octanol–water partition coefficient (Wildman–Crippen LogP) is 3.23. The highest BCUT2D eigenvalue weighted by Crippen LogP contribution is 2.28. The van der Waals surface area contributed by atoms with Crippen LogP contribution in [0.4, 0.5) is 4.39 Å². The van der Waals surface area contributed by atoms with Gasteiger partial charge in [0.1, 0.15) is 5.82 Å². The number of rotatable bonds is 3. The van der Waals surface area contributed by atoms with Gasteiger partial charge in [-0.3, -0.25) is 0 Å². The van der Waals surface area contributed by atoms with Crippen LogP contribution in [0, 0.1) is 5.82 Å². The van der Waals surface area contributed by atoms with Gasteiger partial charge in [0.05, 0.1) is 11.1 Å². The first-order chi connectivity index (χ1) is 8.16. The van der Waals surface area contributed by atoms with Gasteiger partial charge in [-0.1, -0.05) is 17.7 Å². The second-order valence-electron chi connectivity index (χ2n) is 4.00. The third-order valence-corrected chi connectivity index (χ3v) is 5.91. The summed E-state index contributed by atoms with van der Waals surface area (Å²) in [6.45, 7) is 0. The van der Waals surface area contributed by atoms with Crippen LogP contribution in [0.1, 0.15) is 5.56 Å². The number of thioether (sulfide) groups is 2. The van der Waals surface area contributed by atoms with Crippen LogP contribution in [-0.2, 0) is 6.42 Å². The molecule has 0 aromatic heterocycles. The van der Waals surface area contributed by atoms with E-state index in [9.17, 15) is 9.50 Å². The summed E-state index contributed by atoms with van der Waals surface area (Å²) >= 11 is 9.30. The van der Waals surface area contributed by atoms with E-state index in [4.69, 9.17) is 11.6 Å². The largest absolute Gasteiger partial charge is 0.392 e. The Labute approximate surface area is 114 Å². The van der Waals surface area contributed by atoms with Crippen LogP contribution in [0.5, 0.6) is 0 Å². The van der Waals surface area contributed by atoms with Crippen molar-refractivity contribution in [2.24, 2.45) is 0 Å². The van der Waals surface area contributed by atoms with Crippen LogP contribution in [0.3, 0.4) is 0 Å². The molecule has 2 unspecified atom stereocenters. The molecule has 0 amide bonds. The molecule has 1 aliphatic rings. The Morgan fingerprint density at radius 2 is 2.29 bits per heavy atom. The lowest BCUT2D eigenvalue weighted by atomic mass is 10.1. The third kappa shape index (κ3) is 3.78. The molecule has 1 aliphatic heterocycles. The van der Waals surface area contributed by atoms with Gasteiger partial charge in [0.2, 0.25) is 0 Å². The number of aliphatic hydroxyl groups excluding tert-OH is 1. The molecule has 1 aromatic rings. The van der Waals surface area contributed by atoms with Gasteiger partial charge in [-0.05, 0) is 24.1 Å². The fraction of sp³-hybridized carbons (Fsp3) is 0.500. The van der Waals surface area contributed by atoms with Crippen molar-refractivity contribution < 1.29 is 9.50 Å². The topological polar surface area (TPSA) is 20.2 Å². The minimum Gasteiger partial charge on any atom is -0.392 e. The second kappa shape index (κ2) is 6.32. The highest BCUT2D eigenvalue weighted by molar-refractivity contribution is 8.06. The third-order valence-electron chi connectivity index (χ3n) is 2.70. The number of hydrogen-bond donors (Lipinski definition) is 1. The molecule has 0 radical (unpaired) electrons. The molecule has 0 saturated carbocycles. The summed E-state index contributed by atoms with van der Waals surface area (Å²) in [5.41, 5.74) is 0.801. The van der Waals surface area contributed by atoms with Crippen LogP contribution in [0.25, 0.3) is 0 Å². The van der Waals surface area contributed by atoms with Crippen LogP contribution >= 0.6 is 35.1 Å². The second-order valence-corrected chi connectivity index (χ2v) is 6.91. The summed E-state index contributed by atoms with van der Waals surface area (Å²) in [6.07, 6.45) is 0.0835. The Kier molecular flexibility index (Phi) is 5.03. The molecular formula is C12H14ClFOS2. The van der Waals surface area contributed by atoms with Gasteiger partial charge < -0.3 is 5.11 Å². The summed E-state index contributed by atoms with van der Waals surface area (Å²) < 4.78 is 13.2. The smallest absolute Gasteiger partial charge is 0.142 e. The lowest BCUT2D eigenvalue weighted by Crippen LogP contribution is -2.30. The number of hydrogen-bond acceptors (Lipinski definition) is 3. The van der Waals surface area contributed by atoms with Gasteiger partial charge >= 0.3 is 0 Å². The molecule has 0 bridgehead atoms. The Hall–Kier alpha value is 0.1000. The SMILES string of the molecule is OC(Cc1ccc(Cl)c(F)c1)C1CSCCS1. The quantitative estimate of drug-likeness (QED) is 0.924. The van der Waals surface area contributed by atoms with Gasteiger partial charge in [-0.15, -0.1) is 0 Å². The van der Waals surface area contributed by atoms with Gasteiger partial charge in [-0.25, -0.2) is 4.39 Å². The number of halogens is 2. The monoisotopic (exact) mass is 292 g/mol. The summed E-state index contributed by atoms with van der Waals surface area (Å²) in [5, 5.41) is 10.5. The van der Waals surface area contributed by atoms with Crippen molar-refractivity contribution in [3.63, 3.8) is 0 Å². The normalized spacial score (nSPS) is 22.4. The molecule has 0 aliphatic carbocycles. The molecule has 1 heterocycles. The molecule has 17 heavy (non-hydrogen) atoms. The molecule has 1 aromatic carbocycles. The Bertz CT molecular complexity index is 383. The number of benzene rings is 1. The molecule has 2 atom stereocenters. The van der Waals surface area contributed by atoms with E-state index in [1.807, 2.05) is 23.5 Å². The number of aliphatic hydroxyl groups is 1. The summed E-state index contributed by atoms with van der Waals surface area (Å²) in [4.78, 5) is 0. The van der Waals surface area contributed by atoms with E-state index in [0.29, 0.717) is 6.42 Å². The summed E-state index contributed by atoms with van der Waals surface area (Å²) in [7, 11) is 0. The lowest BCUT2D eigenvalue weighted by molar-refractivity contribution is 0.177. The Balaban J connectivity index is 1.96. The molecule has 5 heteroatoms. The maximum absolute atomic E-state index is 13.2.